The van der Waals surface area contributed by atoms with Gasteiger partial charge >= 0.3 is 5.97 Å². The van der Waals surface area contributed by atoms with E-state index >= 15 is 0 Å². The molecule has 0 unspecified atom stereocenters. The molecule has 0 spiro atoms. The summed E-state index contributed by atoms with van der Waals surface area (Å²) in [5.41, 5.74) is 0.157. The molecule has 0 saturated carbocycles. The molecule has 3 rings (SSSR count). The third-order valence-electron chi connectivity index (χ3n) is 2.53. The van der Waals surface area contributed by atoms with Crippen LogP contribution in [0, 0.1) is 17.7 Å². The number of halogens is 2. The van der Waals surface area contributed by atoms with Crippen LogP contribution in [0.5, 0.6) is 0 Å². The van der Waals surface area contributed by atoms with Crippen molar-refractivity contribution in [1.29, 1.82) is 0 Å². The molecular weight excluding hydrogens is 496 g/mol. The van der Waals surface area contributed by atoms with Crippen LogP contribution in [0.15, 0.2) is 55.0 Å². The van der Waals surface area contributed by atoms with Crippen molar-refractivity contribution in [3.8, 4) is 11.4 Å². The normalized spacial score (nSPS) is 9.25. The first kappa shape index (κ1) is 19.5. The van der Waals surface area contributed by atoms with E-state index in [4.69, 9.17) is 5.11 Å². The summed E-state index contributed by atoms with van der Waals surface area (Å²) in [6.07, 6.45) is 4.42. The Kier molecular flexibility index (Phi) is 7.74. The Morgan fingerprint density at radius 1 is 1.04 bits per heavy atom. The SMILES string of the molecule is Fc1c[c-]c(-c2ncccn2)c(F)c1.O=C(O)c1ccccn1.[Ir]. The molecule has 2 heterocycles. The van der Waals surface area contributed by atoms with Crippen molar-refractivity contribution in [2.45, 2.75) is 0 Å². The van der Waals surface area contributed by atoms with Gasteiger partial charge in [0, 0.05) is 50.3 Å². The second-order valence-corrected chi connectivity index (χ2v) is 4.13. The number of carboxylic acid groups (broad SMARTS) is 1. The molecule has 0 aliphatic rings. The molecule has 0 aliphatic carbocycles. The number of hydrogen-bond donors (Lipinski definition) is 1. The minimum Gasteiger partial charge on any atom is -0.477 e. The Hall–Kier alpha value is -2.57. The molecule has 5 nitrogen and oxygen atoms in total. The van der Waals surface area contributed by atoms with Gasteiger partial charge in [-0.05, 0) is 18.2 Å². The fourth-order valence-electron chi connectivity index (χ4n) is 1.53. The summed E-state index contributed by atoms with van der Waals surface area (Å²) in [6.45, 7) is 0. The third-order valence-corrected chi connectivity index (χ3v) is 2.53. The molecule has 2 aromatic heterocycles. The van der Waals surface area contributed by atoms with E-state index in [9.17, 15) is 13.6 Å². The van der Waals surface area contributed by atoms with Crippen LogP contribution in [-0.2, 0) is 20.1 Å². The quantitative estimate of drug-likeness (QED) is 0.541. The van der Waals surface area contributed by atoms with E-state index in [-0.39, 0.29) is 37.2 Å². The van der Waals surface area contributed by atoms with Gasteiger partial charge < -0.3 is 5.11 Å². The predicted molar refractivity (Wildman–Crippen MR) is 77.4 cm³/mol. The molecule has 1 radical (unpaired) electrons. The Labute approximate surface area is 149 Å². The van der Waals surface area contributed by atoms with Gasteiger partial charge in [0.25, 0.3) is 0 Å². The van der Waals surface area contributed by atoms with Gasteiger partial charge in [0.05, 0.1) is 5.82 Å². The van der Waals surface area contributed by atoms with Gasteiger partial charge in [0.1, 0.15) is 5.69 Å². The Morgan fingerprint density at radius 3 is 2.21 bits per heavy atom. The standard InChI is InChI=1S/C10H5F2N2.C6H5NO2.Ir/c11-7-2-3-8(9(12)6-7)10-13-4-1-5-14-10;8-6(9)5-3-1-2-4-7-5;/h1-2,4-6H;1-4H,(H,8,9);/q-1;;. The van der Waals surface area contributed by atoms with Crippen molar-refractivity contribution in [2.75, 3.05) is 0 Å². The number of hydrogen-bond acceptors (Lipinski definition) is 4. The van der Waals surface area contributed by atoms with Gasteiger partial charge in [-0.15, -0.1) is 12.1 Å². The number of benzene rings is 1. The summed E-state index contributed by atoms with van der Waals surface area (Å²) in [5.74, 6) is -2.17. The van der Waals surface area contributed by atoms with Crippen LogP contribution in [0.3, 0.4) is 0 Å². The van der Waals surface area contributed by atoms with Crippen LogP contribution in [0.25, 0.3) is 11.4 Å². The predicted octanol–water partition coefficient (Wildman–Crippen LogP) is 3.00. The molecule has 125 valence electrons. The maximum Gasteiger partial charge on any atom is 0.354 e. The molecule has 0 atom stereocenters. The summed E-state index contributed by atoms with van der Waals surface area (Å²) in [5, 5.41) is 8.32. The van der Waals surface area contributed by atoms with Gasteiger partial charge in [-0.25, -0.2) is 9.78 Å². The third kappa shape index (κ3) is 5.57. The van der Waals surface area contributed by atoms with E-state index in [2.05, 4.69) is 21.0 Å². The zero-order valence-corrected chi connectivity index (χ0v) is 14.4. The van der Waals surface area contributed by atoms with E-state index in [1.807, 2.05) is 0 Å². The Bertz CT molecular complexity index is 790. The van der Waals surface area contributed by atoms with Crippen LogP contribution < -0.4 is 0 Å². The van der Waals surface area contributed by atoms with Crippen molar-refractivity contribution in [3.05, 3.63) is 78.4 Å². The zero-order chi connectivity index (χ0) is 16.7. The van der Waals surface area contributed by atoms with Gasteiger partial charge in [-0.3, -0.25) is 18.7 Å². The first-order valence-electron chi connectivity index (χ1n) is 6.36. The molecule has 1 aromatic carbocycles. The van der Waals surface area contributed by atoms with Gasteiger partial charge in [0.15, 0.2) is 0 Å². The van der Waals surface area contributed by atoms with Crippen LogP contribution in [0.1, 0.15) is 10.5 Å². The molecule has 1 N–H and O–H groups in total. The van der Waals surface area contributed by atoms with E-state index in [1.54, 1.807) is 18.2 Å². The average molecular weight is 506 g/mol. The second kappa shape index (κ2) is 9.54. The maximum absolute atomic E-state index is 13.2. The molecule has 0 amide bonds. The molecule has 0 fully saturated rings. The fraction of sp³-hybridized carbons (Fsp3) is 0. The van der Waals surface area contributed by atoms with E-state index in [0.717, 1.165) is 12.1 Å². The van der Waals surface area contributed by atoms with Gasteiger partial charge in [-0.2, -0.15) is 0 Å². The zero-order valence-electron chi connectivity index (χ0n) is 12.0. The number of carbonyl (C=O) groups is 1. The number of nitrogens with zero attached hydrogens (tertiary/aromatic N) is 3. The smallest absolute Gasteiger partial charge is 0.354 e. The number of aromatic nitrogens is 3. The van der Waals surface area contributed by atoms with Crippen molar-refractivity contribution < 1.29 is 38.8 Å². The molecular formula is C16H10F2IrN3O2-. The number of carboxylic acids is 1. The second-order valence-electron chi connectivity index (χ2n) is 4.13. The van der Waals surface area contributed by atoms with Crippen molar-refractivity contribution >= 4 is 5.97 Å². The van der Waals surface area contributed by atoms with Crippen LogP contribution in [-0.4, -0.2) is 26.0 Å². The number of rotatable bonds is 2. The molecule has 8 heteroatoms. The number of aromatic carboxylic acids is 1. The molecule has 0 bridgehead atoms. The van der Waals surface area contributed by atoms with Crippen LogP contribution in [0.2, 0.25) is 0 Å². The molecule has 3 aromatic rings. The average Bonchev–Trinajstić information content (AvgIpc) is 2.57. The van der Waals surface area contributed by atoms with Gasteiger partial charge in [-0.1, -0.05) is 17.7 Å². The summed E-state index contributed by atoms with van der Waals surface area (Å²) in [7, 11) is 0. The minimum absolute atomic E-state index is 0. The fourth-order valence-corrected chi connectivity index (χ4v) is 1.53. The van der Waals surface area contributed by atoms with E-state index in [1.165, 1.54) is 24.7 Å². The van der Waals surface area contributed by atoms with Crippen molar-refractivity contribution in [3.63, 3.8) is 0 Å². The first-order chi connectivity index (χ1) is 11.1. The Balaban J connectivity index is 0.000000252. The molecule has 0 saturated heterocycles. The minimum atomic E-state index is -0.990. The Morgan fingerprint density at radius 2 is 1.71 bits per heavy atom. The summed E-state index contributed by atoms with van der Waals surface area (Å²) < 4.78 is 25.7. The summed E-state index contributed by atoms with van der Waals surface area (Å²) in [4.78, 5) is 21.4. The van der Waals surface area contributed by atoms with E-state index in [0.29, 0.717) is 0 Å². The molecule has 0 aliphatic heterocycles. The van der Waals surface area contributed by atoms with Gasteiger partial charge in [0.2, 0.25) is 0 Å². The largest absolute Gasteiger partial charge is 0.477 e. The molecule has 24 heavy (non-hydrogen) atoms. The van der Waals surface area contributed by atoms with Crippen molar-refractivity contribution in [1.82, 2.24) is 15.0 Å². The van der Waals surface area contributed by atoms with Crippen LogP contribution >= 0.6 is 0 Å². The maximum atomic E-state index is 13.2. The number of pyridine rings is 1. The van der Waals surface area contributed by atoms with Crippen LogP contribution in [0.4, 0.5) is 8.78 Å². The monoisotopic (exact) mass is 507 g/mol. The first-order valence-corrected chi connectivity index (χ1v) is 6.36. The van der Waals surface area contributed by atoms with E-state index < -0.39 is 17.6 Å². The van der Waals surface area contributed by atoms with Crippen molar-refractivity contribution in [2.24, 2.45) is 0 Å². The summed E-state index contributed by atoms with van der Waals surface area (Å²) in [6, 6.07) is 10.6. The summed E-state index contributed by atoms with van der Waals surface area (Å²) >= 11 is 0. The topological polar surface area (TPSA) is 76.0 Å².